The highest BCUT2D eigenvalue weighted by molar-refractivity contribution is 6.26. The number of rotatable bonds is 6. The molecule has 0 atom stereocenters. The van der Waals surface area contributed by atoms with Gasteiger partial charge in [-0.15, -0.1) is 0 Å². The Morgan fingerprint density at radius 1 is 0.829 bits per heavy atom. The third-order valence-corrected chi connectivity index (χ3v) is 5.90. The lowest BCUT2D eigenvalue weighted by atomic mass is 10.1. The van der Waals surface area contributed by atoms with Crippen molar-refractivity contribution in [3.05, 3.63) is 108 Å². The third kappa shape index (κ3) is 4.39. The number of hydrazone groups is 1. The summed E-state index contributed by atoms with van der Waals surface area (Å²) in [6.45, 7) is 1.64. The summed E-state index contributed by atoms with van der Waals surface area (Å²) in [7, 11) is 0. The predicted molar refractivity (Wildman–Crippen MR) is 137 cm³/mol. The van der Waals surface area contributed by atoms with Gasteiger partial charge in [-0.2, -0.15) is 5.10 Å². The molecule has 0 spiro atoms. The van der Waals surface area contributed by atoms with Gasteiger partial charge in [-0.05, 0) is 54.3 Å². The highest BCUT2D eigenvalue weighted by Gasteiger charge is 2.30. The highest BCUT2D eigenvalue weighted by Crippen LogP contribution is 2.36. The molecule has 7 nitrogen and oxygen atoms in total. The van der Waals surface area contributed by atoms with Crippen LogP contribution in [0.15, 0.2) is 96.1 Å². The van der Waals surface area contributed by atoms with Crippen LogP contribution in [0.5, 0.6) is 0 Å². The minimum absolute atomic E-state index is 0.131. The van der Waals surface area contributed by atoms with Crippen molar-refractivity contribution in [2.45, 2.75) is 6.92 Å². The smallest absolute Gasteiger partial charge is 0.260 e. The van der Waals surface area contributed by atoms with Crippen LogP contribution in [0.4, 0.5) is 11.4 Å². The van der Waals surface area contributed by atoms with E-state index in [9.17, 15) is 14.4 Å². The standard InChI is InChI=1S/C28H22N4O3/c1-18(19-13-15-22(16-14-19)29-27(34)21-7-3-2-4-8-21)30-31-25(33)17-32-24-12-6-10-20-9-5-11-23(26(20)24)28(32)35/h2-16H,17H2,1H3,(H,29,34)(H,31,33)/b30-18+. The number of carbonyl (C=O) groups excluding carboxylic acids is 3. The first-order chi connectivity index (χ1) is 17.0. The van der Waals surface area contributed by atoms with Crippen molar-refractivity contribution in [3.63, 3.8) is 0 Å². The minimum atomic E-state index is -0.394. The molecule has 0 radical (unpaired) electrons. The second-order valence-corrected chi connectivity index (χ2v) is 8.20. The zero-order valence-electron chi connectivity index (χ0n) is 19.0. The van der Waals surface area contributed by atoms with E-state index in [-0.39, 0.29) is 18.4 Å². The van der Waals surface area contributed by atoms with Crippen molar-refractivity contribution in [3.8, 4) is 0 Å². The quantitative estimate of drug-likeness (QED) is 0.324. The molecule has 4 aromatic carbocycles. The van der Waals surface area contributed by atoms with E-state index in [4.69, 9.17) is 0 Å². The SMILES string of the molecule is C/C(=N\NC(=O)CN1C(=O)c2cccc3cccc1c23)c1ccc(NC(=O)c2ccccc2)cc1. The molecule has 1 heterocycles. The summed E-state index contributed by atoms with van der Waals surface area (Å²) in [5.74, 6) is -0.777. The normalized spacial score (nSPS) is 12.7. The van der Waals surface area contributed by atoms with Gasteiger partial charge in [0.25, 0.3) is 17.7 Å². The first kappa shape index (κ1) is 22.0. The van der Waals surface area contributed by atoms with Gasteiger partial charge in [-0.25, -0.2) is 5.43 Å². The summed E-state index contributed by atoms with van der Waals surface area (Å²) in [6, 6.07) is 27.4. The van der Waals surface area contributed by atoms with Crippen molar-refractivity contribution in [1.82, 2.24) is 5.43 Å². The van der Waals surface area contributed by atoms with E-state index in [0.717, 1.165) is 22.0 Å². The lowest BCUT2D eigenvalue weighted by Crippen LogP contribution is -2.37. The molecular formula is C28H22N4O3. The van der Waals surface area contributed by atoms with Crippen LogP contribution in [-0.2, 0) is 4.79 Å². The van der Waals surface area contributed by atoms with Crippen molar-refractivity contribution in [2.24, 2.45) is 5.10 Å². The maximum absolute atomic E-state index is 12.9. The number of hydrogen-bond acceptors (Lipinski definition) is 4. The molecule has 0 saturated carbocycles. The van der Waals surface area contributed by atoms with Crippen LogP contribution in [0.3, 0.4) is 0 Å². The topological polar surface area (TPSA) is 90.9 Å². The molecule has 0 aromatic heterocycles. The van der Waals surface area contributed by atoms with Gasteiger partial charge in [-0.1, -0.05) is 54.6 Å². The maximum atomic E-state index is 12.9. The molecule has 3 amide bonds. The molecule has 4 aromatic rings. The Morgan fingerprint density at radius 2 is 1.54 bits per heavy atom. The van der Waals surface area contributed by atoms with Crippen LogP contribution >= 0.6 is 0 Å². The van der Waals surface area contributed by atoms with Gasteiger partial charge in [0.05, 0.1) is 11.4 Å². The van der Waals surface area contributed by atoms with E-state index < -0.39 is 5.91 Å². The van der Waals surface area contributed by atoms with Crippen LogP contribution in [-0.4, -0.2) is 30.0 Å². The molecule has 35 heavy (non-hydrogen) atoms. The van der Waals surface area contributed by atoms with E-state index in [2.05, 4.69) is 15.8 Å². The van der Waals surface area contributed by atoms with Crippen LogP contribution in [0, 0.1) is 0 Å². The fourth-order valence-electron chi connectivity index (χ4n) is 4.11. The van der Waals surface area contributed by atoms with Crippen LogP contribution in [0.25, 0.3) is 10.8 Å². The number of amides is 3. The highest BCUT2D eigenvalue weighted by atomic mass is 16.2. The number of nitrogens with zero attached hydrogens (tertiary/aromatic N) is 2. The number of carbonyl (C=O) groups is 3. The Kier molecular flexibility index (Phi) is 5.81. The largest absolute Gasteiger partial charge is 0.322 e. The minimum Gasteiger partial charge on any atom is -0.322 e. The number of anilines is 2. The predicted octanol–water partition coefficient (Wildman–Crippen LogP) is 4.59. The Balaban J connectivity index is 1.22. The van der Waals surface area contributed by atoms with Crippen molar-refractivity contribution in [2.75, 3.05) is 16.8 Å². The van der Waals surface area contributed by atoms with Crippen molar-refractivity contribution in [1.29, 1.82) is 0 Å². The molecule has 0 unspecified atom stereocenters. The monoisotopic (exact) mass is 462 g/mol. The fraction of sp³-hybridized carbons (Fsp3) is 0.0714. The van der Waals surface area contributed by atoms with Gasteiger partial charge in [0, 0.05) is 22.2 Å². The van der Waals surface area contributed by atoms with Crippen molar-refractivity contribution < 1.29 is 14.4 Å². The first-order valence-corrected chi connectivity index (χ1v) is 11.1. The zero-order valence-corrected chi connectivity index (χ0v) is 19.0. The van der Waals surface area contributed by atoms with E-state index >= 15 is 0 Å². The third-order valence-electron chi connectivity index (χ3n) is 5.90. The van der Waals surface area contributed by atoms with E-state index in [1.54, 1.807) is 37.3 Å². The maximum Gasteiger partial charge on any atom is 0.260 e. The average Bonchev–Trinajstić information content (AvgIpc) is 3.16. The summed E-state index contributed by atoms with van der Waals surface area (Å²) in [4.78, 5) is 39.2. The summed E-state index contributed by atoms with van der Waals surface area (Å²) in [5, 5.41) is 8.87. The molecule has 5 rings (SSSR count). The number of hydrogen-bond donors (Lipinski definition) is 2. The molecule has 7 heteroatoms. The molecule has 1 aliphatic rings. The second kappa shape index (κ2) is 9.23. The Labute approximate surface area is 202 Å². The number of benzene rings is 4. The fourth-order valence-corrected chi connectivity index (χ4v) is 4.11. The van der Waals surface area contributed by atoms with Gasteiger partial charge in [-0.3, -0.25) is 19.3 Å². The molecule has 1 aliphatic heterocycles. The van der Waals surface area contributed by atoms with Gasteiger partial charge >= 0.3 is 0 Å². The van der Waals surface area contributed by atoms with Crippen LogP contribution in [0.1, 0.15) is 33.2 Å². The van der Waals surface area contributed by atoms with Gasteiger partial charge in [0.1, 0.15) is 6.54 Å². The molecular weight excluding hydrogens is 440 g/mol. The van der Waals surface area contributed by atoms with Gasteiger partial charge in [0.2, 0.25) is 0 Å². The first-order valence-electron chi connectivity index (χ1n) is 11.1. The van der Waals surface area contributed by atoms with E-state index in [1.165, 1.54) is 4.90 Å². The molecule has 172 valence electrons. The lowest BCUT2D eigenvalue weighted by Gasteiger charge is -2.16. The Morgan fingerprint density at radius 3 is 2.29 bits per heavy atom. The van der Waals surface area contributed by atoms with E-state index in [0.29, 0.717) is 22.5 Å². The lowest BCUT2D eigenvalue weighted by molar-refractivity contribution is -0.119. The van der Waals surface area contributed by atoms with Gasteiger partial charge in [0.15, 0.2) is 0 Å². The zero-order chi connectivity index (χ0) is 24.4. The summed E-state index contributed by atoms with van der Waals surface area (Å²) in [6.07, 6.45) is 0. The summed E-state index contributed by atoms with van der Waals surface area (Å²) < 4.78 is 0. The number of nitrogens with one attached hydrogen (secondary N) is 2. The van der Waals surface area contributed by atoms with Crippen LogP contribution in [0.2, 0.25) is 0 Å². The summed E-state index contributed by atoms with van der Waals surface area (Å²) >= 11 is 0. The van der Waals surface area contributed by atoms with Gasteiger partial charge < -0.3 is 5.32 Å². The molecule has 0 fully saturated rings. The summed E-state index contributed by atoms with van der Waals surface area (Å²) in [5.41, 5.74) is 6.49. The molecule has 2 N–H and O–H groups in total. The molecule has 0 aliphatic carbocycles. The van der Waals surface area contributed by atoms with E-state index in [1.807, 2.05) is 60.7 Å². The Hall–Kier alpha value is -4.78. The molecule has 0 saturated heterocycles. The molecule has 0 bridgehead atoms. The average molecular weight is 463 g/mol. The Bertz CT molecular complexity index is 1470. The van der Waals surface area contributed by atoms with Crippen molar-refractivity contribution >= 4 is 45.6 Å². The second-order valence-electron chi connectivity index (χ2n) is 8.20. The van der Waals surface area contributed by atoms with Crippen LogP contribution < -0.4 is 15.6 Å².